The fraction of sp³-hybridized carbons (Fsp3) is 0.235. The van der Waals surface area contributed by atoms with Gasteiger partial charge in [0.15, 0.2) is 11.5 Å². The summed E-state index contributed by atoms with van der Waals surface area (Å²) in [6.07, 6.45) is 4.43. The molecule has 1 aliphatic heterocycles. The molecule has 1 N–H and O–H groups in total. The van der Waals surface area contributed by atoms with Gasteiger partial charge < -0.3 is 14.8 Å². The molecule has 0 unspecified atom stereocenters. The molecule has 0 spiro atoms. The van der Waals surface area contributed by atoms with Gasteiger partial charge in [-0.2, -0.15) is 5.10 Å². The molecule has 8 heteroatoms. The first kappa shape index (κ1) is 15.6. The maximum atomic E-state index is 12.4. The molecule has 4 rings (SSSR count). The normalized spacial score (nSPS) is 13.3. The standard InChI is InChI=1S/C17H16N4O3S/c1-21-9-11(8-18-21)17-20-13(10-25-17)16(22)19-12-3-4-14-15(7-12)24-6-2-5-23-14/h3-4,7-10H,2,5-6H2,1H3,(H,19,22). The number of carbonyl (C=O) groups excluding carboxylic acids is 1. The van der Waals surface area contributed by atoms with Gasteiger partial charge in [-0.3, -0.25) is 9.48 Å². The highest BCUT2D eigenvalue weighted by Crippen LogP contribution is 2.32. The molecule has 3 aromatic rings. The summed E-state index contributed by atoms with van der Waals surface area (Å²) in [6.45, 7) is 1.24. The molecule has 128 valence electrons. The van der Waals surface area contributed by atoms with Crippen molar-refractivity contribution < 1.29 is 14.3 Å². The van der Waals surface area contributed by atoms with Gasteiger partial charge in [-0.15, -0.1) is 11.3 Å². The van der Waals surface area contributed by atoms with Crippen LogP contribution in [0.15, 0.2) is 36.0 Å². The van der Waals surface area contributed by atoms with E-state index in [1.807, 2.05) is 13.2 Å². The number of nitrogens with one attached hydrogen (secondary N) is 1. The van der Waals surface area contributed by atoms with E-state index in [1.54, 1.807) is 34.5 Å². The Morgan fingerprint density at radius 2 is 2.12 bits per heavy atom. The molecule has 0 aliphatic carbocycles. The van der Waals surface area contributed by atoms with E-state index < -0.39 is 0 Å². The van der Waals surface area contributed by atoms with Gasteiger partial charge in [0, 0.05) is 42.4 Å². The van der Waals surface area contributed by atoms with Crippen molar-refractivity contribution >= 4 is 22.9 Å². The lowest BCUT2D eigenvalue weighted by atomic mass is 10.2. The molecule has 25 heavy (non-hydrogen) atoms. The lowest BCUT2D eigenvalue weighted by Gasteiger charge is -2.09. The van der Waals surface area contributed by atoms with E-state index in [2.05, 4.69) is 15.4 Å². The molecular weight excluding hydrogens is 340 g/mol. The van der Waals surface area contributed by atoms with Crippen LogP contribution in [0, 0.1) is 0 Å². The Bertz CT molecular complexity index is 918. The number of fused-ring (bicyclic) bond motifs is 1. The van der Waals surface area contributed by atoms with Crippen LogP contribution in [0.3, 0.4) is 0 Å². The van der Waals surface area contributed by atoms with E-state index in [0.29, 0.717) is 36.1 Å². The van der Waals surface area contributed by atoms with E-state index in [-0.39, 0.29) is 5.91 Å². The molecular formula is C17H16N4O3S. The minimum absolute atomic E-state index is 0.263. The molecule has 0 atom stereocenters. The molecule has 3 heterocycles. The van der Waals surface area contributed by atoms with Crippen LogP contribution in [0.25, 0.3) is 10.6 Å². The number of aromatic nitrogens is 3. The summed E-state index contributed by atoms with van der Waals surface area (Å²) in [5.41, 5.74) is 1.91. The predicted molar refractivity (Wildman–Crippen MR) is 94.3 cm³/mol. The second kappa shape index (κ2) is 6.56. The summed E-state index contributed by atoms with van der Waals surface area (Å²) in [4.78, 5) is 16.8. The van der Waals surface area contributed by atoms with E-state index in [9.17, 15) is 4.79 Å². The highest BCUT2D eigenvalue weighted by atomic mass is 32.1. The average molecular weight is 356 g/mol. The zero-order valence-corrected chi connectivity index (χ0v) is 14.4. The summed E-state index contributed by atoms with van der Waals surface area (Å²) in [7, 11) is 1.84. The van der Waals surface area contributed by atoms with Gasteiger partial charge in [-0.1, -0.05) is 0 Å². The van der Waals surface area contributed by atoms with Crippen LogP contribution in [-0.4, -0.2) is 33.9 Å². The number of rotatable bonds is 3. The Hall–Kier alpha value is -2.87. The van der Waals surface area contributed by atoms with Gasteiger partial charge in [0.25, 0.3) is 5.91 Å². The third kappa shape index (κ3) is 3.34. The fourth-order valence-corrected chi connectivity index (χ4v) is 3.25. The molecule has 0 saturated heterocycles. The minimum Gasteiger partial charge on any atom is -0.490 e. The molecule has 1 aromatic carbocycles. The van der Waals surface area contributed by atoms with E-state index >= 15 is 0 Å². The Balaban J connectivity index is 1.50. The van der Waals surface area contributed by atoms with Crippen molar-refractivity contribution in [2.45, 2.75) is 6.42 Å². The molecule has 7 nitrogen and oxygen atoms in total. The first-order valence-corrected chi connectivity index (χ1v) is 8.72. The topological polar surface area (TPSA) is 78.3 Å². The zero-order valence-electron chi connectivity index (χ0n) is 13.6. The first-order chi connectivity index (χ1) is 12.2. The van der Waals surface area contributed by atoms with Crippen LogP contribution in [-0.2, 0) is 7.05 Å². The average Bonchev–Trinajstić information content (AvgIpc) is 3.19. The van der Waals surface area contributed by atoms with Crippen molar-refractivity contribution in [2.75, 3.05) is 18.5 Å². The molecule has 0 saturated carbocycles. The van der Waals surface area contributed by atoms with Gasteiger partial charge in [-0.25, -0.2) is 4.98 Å². The van der Waals surface area contributed by atoms with Crippen molar-refractivity contribution in [3.63, 3.8) is 0 Å². The second-order valence-corrected chi connectivity index (χ2v) is 6.46. The van der Waals surface area contributed by atoms with Crippen LogP contribution in [0.4, 0.5) is 5.69 Å². The number of anilines is 1. The molecule has 0 bridgehead atoms. The van der Waals surface area contributed by atoms with Crippen LogP contribution < -0.4 is 14.8 Å². The van der Waals surface area contributed by atoms with Gasteiger partial charge in [-0.05, 0) is 12.1 Å². The molecule has 2 aromatic heterocycles. The van der Waals surface area contributed by atoms with Crippen LogP contribution in [0.5, 0.6) is 11.5 Å². The number of hydrogen-bond donors (Lipinski definition) is 1. The summed E-state index contributed by atoms with van der Waals surface area (Å²) < 4.78 is 12.9. The Labute approximate surface area is 148 Å². The van der Waals surface area contributed by atoms with Crippen molar-refractivity contribution in [1.29, 1.82) is 0 Å². The fourth-order valence-electron chi connectivity index (χ4n) is 2.48. The number of nitrogens with zero attached hydrogens (tertiary/aromatic N) is 3. The number of amides is 1. The van der Waals surface area contributed by atoms with Crippen molar-refractivity contribution in [1.82, 2.24) is 14.8 Å². The maximum absolute atomic E-state index is 12.4. The number of ether oxygens (including phenoxy) is 2. The number of aryl methyl sites for hydroxylation is 1. The molecule has 0 fully saturated rings. The van der Waals surface area contributed by atoms with Crippen molar-refractivity contribution in [2.24, 2.45) is 7.05 Å². The number of carbonyl (C=O) groups is 1. The summed E-state index contributed by atoms with van der Waals surface area (Å²) in [5, 5.41) is 9.47. The highest BCUT2D eigenvalue weighted by Gasteiger charge is 2.15. The lowest BCUT2D eigenvalue weighted by Crippen LogP contribution is -2.12. The van der Waals surface area contributed by atoms with Crippen LogP contribution in [0.2, 0.25) is 0 Å². The monoisotopic (exact) mass is 356 g/mol. The number of benzene rings is 1. The smallest absolute Gasteiger partial charge is 0.275 e. The Morgan fingerprint density at radius 3 is 2.92 bits per heavy atom. The molecule has 1 aliphatic rings. The predicted octanol–water partition coefficient (Wildman–Crippen LogP) is 2.96. The van der Waals surface area contributed by atoms with Gasteiger partial charge in [0.1, 0.15) is 10.7 Å². The van der Waals surface area contributed by atoms with Gasteiger partial charge in [0.05, 0.1) is 19.4 Å². The Kier molecular flexibility index (Phi) is 4.10. The van der Waals surface area contributed by atoms with E-state index in [1.165, 1.54) is 11.3 Å². The Morgan fingerprint density at radius 1 is 1.28 bits per heavy atom. The van der Waals surface area contributed by atoms with E-state index in [4.69, 9.17) is 9.47 Å². The zero-order chi connectivity index (χ0) is 17.2. The number of hydrogen-bond acceptors (Lipinski definition) is 6. The summed E-state index contributed by atoms with van der Waals surface area (Å²) in [5.74, 6) is 1.08. The van der Waals surface area contributed by atoms with Crippen LogP contribution in [0.1, 0.15) is 16.9 Å². The van der Waals surface area contributed by atoms with Crippen molar-refractivity contribution in [3.8, 4) is 22.1 Å². The highest BCUT2D eigenvalue weighted by molar-refractivity contribution is 7.13. The SMILES string of the molecule is Cn1cc(-c2nc(C(=O)Nc3ccc4c(c3)OCCCO4)cs2)cn1. The summed E-state index contributed by atoms with van der Waals surface area (Å²) in [6, 6.07) is 5.37. The quantitative estimate of drug-likeness (QED) is 0.781. The number of thiazole rings is 1. The lowest BCUT2D eigenvalue weighted by molar-refractivity contribution is 0.102. The van der Waals surface area contributed by atoms with Gasteiger partial charge >= 0.3 is 0 Å². The first-order valence-electron chi connectivity index (χ1n) is 7.84. The molecule has 0 radical (unpaired) electrons. The third-order valence-electron chi connectivity index (χ3n) is 3.69. The third-order valence-corrected chi connectivity index (χ3v) is 4.59. The second-order valence-electron chi connectivity index (χ2n) is 5.61. The minimum atomic E-state index is -0.263. The van der Waals surface area contributed by atoms with Crippen molar-refractivity contribution in [3.05, 3.63) is 41.7 Å². The maximum Gasteiger partial charge on any atom is 0.275 e. The van der Waals surface area contributed by atoms with Crippen LogP contribution >= 0.6 is 11.3 Å². The molecule has 1 amide bonds. The summed E-state index contributed by atoms with van der Waals surface area (Å²) >= 11 is 1.41. The van der Waals surface area contributed by atoms with E-state index in [0.717, 1.165) is 17.0 Å². The van der Waals surface area contributed by atoms with Gasteiger partial charge in [0.2, 0.25) is 0 Å². The largest absolute Gasteiger partial charge is 0.490 e.